The lowest BCUT2D eigenvalue weighted by Gasteiger charge is -2.26. The molecule has 0 fully saturated rings. The number of amides is 1. The van der Waals surface area contributed by atoms with Gasteiger partial charge >= 0.3 is 5.97 Å². The fourth-order valence-corrected chi connectivity index (χ4v) is 2.06. The number of carboxylic acids is 1. The van der Waals surface area contributed by atoms with E-state index in [2.05, 4.69) is 10.3 Å². The van der Waals surface area contributed by atoms with E-state index in [0.717, 1.165) is 17.7 Å². The third kappa shape index (κ3) is 3.41. The summed E-state index contributed by atoms with van der Waals surface area (Å²) in [5.41, 5.74) is -0.739. The highest BCUT2D eigenvalue weighted by atomic mass is 16.4. The second-order valence-corrected chi connectivity index (χ2v) is 5.39. The molecule has 6 heteroatoms. The number of pyridine rings is 1. The van der Waals surface area contributed by atoms with Crippen LogP contribution in [0, 0.1) is 0 Å². The van der Waals surface area contributed by atoms with Crippen molar-refractivity contribution in [1.29, 1.82) is 0 Å². The molecule has 0 aliphatic heterocycles. The lowest BCUT2D eigenvalue weighted by molar-refractivity contribution is 0.0690. The summed E-state index contributed by atoms with van der Waals surface area (Å²) in [4.78, 5) is 37.2. The number of carbonyl (C=O) groups is 2. The van der Waals surface area contributed by atoms with Crippen LogP contribution >= 0.6 is 0 Å². The van der Waals surface area contributed by atoms with Crippen molar-refractivity contribution >= 4 is 11.9 Å². The molecule has 3 N–H and O–H groups in total. The molecule has 1 amide bonds. The molecule has 0 atom stereocenters. The van der Waals surface area contributed by atoms with Gasteiger partial charge in [-0.3, -0.25) is 9.59 Å². The second kappa shape index (κ2) is 5.85. The molecular weight excluding hydrogens is 284 g/mol. The molecule has 1 heterocycles. The monoisotopic (exact) mass is 300 g/mol. The van der Waals surface area contributed by atoms with Crippen LogP contribution in [0.25, 0.3) is 0 Å². The summed E-state index contributed by atoms with van der Waals surface area (Å²) in [5.74, 6) is -1.84. The van der Waals surface area contributed by atoms with Gasteiger partial charge in [0.15, 0.2) is 5.43 Å². The Morgan fingerprint density at radius 2 is 1.68 bits per heavy atom. The van der Waals surface area contributed by atoms with Gasteiger partial charge in [-0.1, -0.05) is 30.3 Å². The van der Waals surface area contributed by atoms with Crippen molar-refractivity contribution in [2.75, 3.05) is 0 Å². The number of hydrogen-bond donors (Lipinski definition) is 3. The minimum absolute atomic E-state index is 0.0890. The van der Waals surface area contributed by atoms with Crippen LogP contribution in [0.2, 0.25) is 0 Å². The van der Waals surface area contributed by atoms with Gasteiger partial charge in [0, 0.05) is 12.1 Å². The zero-order chi connectivity index (χ0) is 16.3. The summed E-state index contributed by atoms with van der Waals surface area (Å²) >= 11 is 0. The van der Waals surface area contributed by atoms with E-state index in [1.165, 1.54) is 0 Å². The fourth-order valence-electron chi connectivity index (χ4n) is 2.06. The summed E-state index contributed by atoms with van der Waals surface area (Å²) in [6.07, 6.45) is 0. The van der Waals surface area contributed by atoms with E-state index in [1.807, 2.05) is 44.2 Å². The van der Waals surface area contributed by atoms with Gasteiger partial charge in [0.05, 0.1) is 5.54 Å². The molecule has 0 radical (unpaired) electrons. The van der Waals surface area contributed by atoms with Crippen LogP contribution in [0.15, 0.2) is 47.3 Å². The van der Waals surface area contributed by atoms with Gasteiger partial charge in [-0.2, -0.15) is 0 Å². The van der Waals surface area contributed by atoms with Crippen LogP contribution in [0.4, 0.5) is 0 Å². The summed E-state index contributed by atoms with van der Waals surface area (Å²) in [6.45, 7) is 3.64. The number of benzene rings is 1. The Morgan fingerprint density at radius 3 is 2.27 bits per heavy atom. The molecule has 6 nitrogen and oxygen atoms in total. The smallest absolute Gasteiger partial charge is 0.352 e. The first-order valence-electron chi connectivity index (χ1n) is 6.65. The van der Waals surface area contributed by atoms with Crippen molar-refractivity contribution in [2.45, 2.75) is 19.4 Å². The highest BCUT2D eigenvalue weighted by molar-refractivity contribution is 5.94. The summed E-state index contributed by atoms with van der Waals surface area (Å²) < 4.78 is 0. The van der Waals surface area contributed by atoms with Gasteiger partial charge in [0.25, 0.3) is 5.91 Å². The maximum atomic E-state index is 12.3. The molecule has 1 aromatic carbocycles. The fraction of sp³-hybridized carbons (Fsp3) is 0.188. The standard InChI is InChI=1S/C16H16N2O4/c1-16(2,10-6-4-3-5-7-10)18-14(20)12-8-11(19)9-13(17-12)15(21)22/h3-9H,1-2H3,(H,17,19)(H,18,20)(H,21,22). The predicted molar refractivity (Wildman–Crippen MR) is 81.0 cm³/mol. The molecular formula is C16H16N2O4. The van der Waals surface area contributed by atoms with Gasteiger partial charge in [-0.05, 0) is 19.4 Å². The van der Waals surface area contributed by atoms with Crippen LogP contribution in [-0.4, -0.2) is 22.0 Å². The lowest BCUT2D eigenvalue weighted by atomic mass is 9.94. The summed E-state index contributed by atoms with van der Waals surface area (Å²) in [7, 11) is 0. The molecule has 0 saturated carbocycles. The molecule has 22 heavy (non-hydrogen) atoms. The number of aromatic amines is 1. The number of aromatic carboxylic acids is 1. The Labute approximate surface area is 126 Å². The average molecular weight is 300 g/mol. The van der Waals surface area contributed by atoms with E-state index < -0.39 is 22.8 Å². The van der Waals surface area contributed by atoms with Crippen molar-refractivity contribution in [1.82, 2.24) is 10.3 Å². The summed E-state index contributed by atoms with van der Waals surface area (Å²) in [5, 5.41) is 11.7. The van der Waals surface area contributed by atoms with Gasteiger partial charge in [-0.15, -0.1) is 0 Å². The Morgan fingerprint density at radius 1 is 1.09 bits per heavy atom. The quantitative estimate of drug-likeness (QED) is 0.800. The van der Waals surface area contributed by atoms with Crippen LogP contribution < -0.4 is 10.7 Å². The van der Waals surface area contributed by atoms with Crippen molar-refractivity contribution in [3.8, 4) is 0 Å². The zero-order valence-electron chi connectivity index (χ0n) is 12.2. The Kier molecular flexibility index (Phi) is 4.12. The number of carbonyl (C=O) groups excluding carboxylic acids is 1. The van der Waals surface area contributed by atoms with Crippen molar-refractivity contribution < 1.29 is 14.7 Å². The lowest BCUT2D eigenvalue weighted by Crippen LogP contribution is -2.41. The third-order valence-corrected chi connectivity index (χ3v) is 3.24. The largest absolute Gasteiger partial charge is 0.477 e. The highest BCUT2D eigenvalue weighted by Crippen LogP contribution is 2.19. The summed E-state index contributed by atoms with van der Waals surface area (Å²) in [6, 6.07) is 11.3. The van der Waals surface area contributed by atoms with Crippen LogP contribution in [-0.2, 0) is 5.54 Å². The van der Waals surface area contributed by atoms with Crippen LogP contribution in [0.5, 0.6) is 0 Å². The van der Waals surface area contributed by atoms with Crippen molar-refractivity contribution in [3.05, 3.63) is 69.6 Å². The van der Waals surface area contributed by atoms with E-state index in [1.54, 1.807) is 0 Å². The van der Waals surface area contributed by atoms with Gasteiger partial charge in [-0.25, -0.2) is 4.79 Å². The molecule has 2 rings (SSSR count). The van der Waals surface area contributed by atoms with E-state index >= 15 is 0 Å². The first-order chi connectivity index (χ1) is 10.3. The van der Waals surface area contributed by atoms with Gasteiger partial charge in [0.2, 0.25) is 0 Å². The first-order valence-corrected chi connectivity index (χ1v) is 6.65. The number of hydrogen-bond acceptors (Lipinski definition) is 3. The Balaban J connectivity index is 2.30. The van der Waals surface area contributed by atoms with E-state index in [0.29, 0.717) is 0 Å². The SMILES string of the molecule is CC(C)(NC(=O)c1cc(=O)cc(C(=O)O)[nH]1)c1ccccc1. The minimum atomic E-state index is -1.30. The minimum Gasteiger partial charge on any atom is -0.477 e. The topological polar surface area (TPSA) is 99.3 Å². The predicted octanol–water partition coefficient (Wildman–Crippen LogP) is 1.74. The first kappa shape index (κ1) is 15.5. The second-order valence-electron chi connectivity index (χ2n) is 5.39. The maximum Gasteiger partial charge on any atom is 0.352 e. The van der Waals surface area contributed by atoms with E-state index in [-0.39, 0.29) is 11.4 Å². The van der Waals surface area contributed by atoms with Crippen LogP contribution in [0.3, 0.4) is 0 Å². The number of carboxylic acid groups (broad SMARTS) is 1. The molecule has 2 aromatic rings. The van der Waals surface area contributed by atoms with E-state index in [9.17, 15) is 14.4 Å². The number of aromatic nitrogens is 1. The Hall–Kier alpha value is -2.89. The highest BCUT2D eigenvalue weighted by Gasteiger charge is 2.24. The Bertz CT molecular complexity index is 763. The molecule has 114 valence electrons. The normalized spacial score (nSPS) is 11.0. The van der Waals surface area contributed by atoms with Crippen molar-refractivity contribution in [2.24, 2.45) is 0 Å². The average Bonchev–Trinajstić information content (AvgIpc) is 2.47. The number of nitrogens with one attached hydrogen (secondary N) is 2. The van der Waals surface area contributed by atoms with Gasteiger partial charge in [0.1, 0.15) is 11.4 Å². The molecule has 0 bridgehead atoms. The molecule has 0 spiro atoms. The third-order valence-electron chi connectivity index (χ3n) is 3.24. The molecule has 0 saturated heterocycles. The van der Waals surface area contributed by atoms with Gasteiger partial charge < -0.3 is 15.4 Å². The number of H-pyrrole nitrogens is 1. The van der Waals surface area contributed by atoms with E-state index in [4.69, 9.17) is 5.11 Å². The van der Waals surface area contributed by atoms with Crippen LogP contribution in [0.1, 0.15) is 40.4 Å². The molecule has 0 unspecified atom stereocenters. The molecule has 0 aliphatic carbocycles. The number of rotatable bonds is 4. The molecule has 0 aliphatic rings. The van der Waals surface area contributed by atoms with Crippen molar-refractivity contribution in [3.63, 3.8) is 0 Å². The maximum absolute atomic E-state index is 12.3. The molecule has 1 aromatic heterocycles. The zero-order valence-corrected chi connectivity index (χ0v) is 12.2.